The van der Waals surface area contributed by atoms with Crippen LogP contribution in [-0.4, -0.2) is 0 Å². The Balaban J connectivity index is 2.89. The van der Waals surface area contributed by atoms with Crippen molar-refractivity contribution >= 4 is 0 Å². The Labute approximate surface area is 68.7 Å². The molecule has 0 saturated carbocycles. The summed E-state index contributed by atoms with van der Waals surface area (Å²) < 4.78 is 0. The van der Waals surface area contributed by atoms with Crippen LogP contribution in [0.2, 0.25) is 0 Å². The van der Waals surface area contributed by atoms with E-state index in [1.165, 1.54) is 17.6 Å². The summed E-state index contributed by atoms with van der Waals surface area (Å²) >= 11 is 0. The molecule has 0 aromatic rings. The van der Waals surface area contributed by atoms with Gasteiger partial charge in [0.2, 0.25) is 0 Å². The predicted octanol–water partition coefficient (Wildman–Crippen LogP) is 2.51. The van der Waals surface area contributed by atoms with Crippen LogP contribution in [0.5, 0.6) is 0 Å². The lowest BCUT2D eigenvalue weighted by Crippen LogP contribution is -1.75. The second kappa shape index (κ2) is 3.89. The van der Waals surface area contributed by atoms with Crippen LogP contribution in [0, 0.1) is 23.7 Å². The molecule has 0 heterocycles. The molecular weight excluding hydrogens is 132 g/mol. The second-order valence-electron chi connectivity index (χ2n) is 2.56. The zero-order chi connectivity index (χ0) is 8.10. The predicted molar refractivity (Wildman–Crippen MR) is 47.8 cm³/mol. The van der Waals surface area contributed by atoms with Gasteiger partial charge in [0.25, 0.3) is 0 Å². The van der Waals surface area contributed by atoms with E-state index in [1.807, 2.05) is 13.8 Å². The highest BCUT2D eigenvalue weighted by Crippen LogP contribution is 2.24. The van der Waals surface area contributed by atoms with Crippen LogP contribution in [0.15, 0.2) is 11.1 Å². The number of rotatable bonds is 0. The summed E-state index contributed by atoms with van der Waals surface area (Å²) in [5.74, 6) is 12.1. The molecule has 0 atom stereocenters. The summed E-state index contributed by atoms with van der Waals surface area (Å²) in [7, 11) is 0. The van der Waals surface area contributed by atoms with Gasteiger partial charge in [0.05, 0.1) is 0 Å². The van der Waals surface area contributed by atoms with Gasteiger partial charge in [-0.3, -0.25) is 0 Å². The molecule has 0 spiro atoms. The van der Waals surface area contributed by atoms with Gasteiger partial charge in [0.15, 0.2) is 0 Å². The minimum absolute atomic E-state index is 1.13. The van der Waals surface area contributed by atoms with Gasteiger partial charge in [0.1, 0.15) is 0 Å². The molecule has 1 aliphatic carbocycles. The van der Waals surface area contributed by atoms with Gasteiger partial charge in [0, 0.05) is 11.1 Å². The highest BCUT2D eigenvalue weighted by atomic mass is 14.1. The number of hydrogen-bond donors (Lipinski definition) is 0. The first kappa shape index (κ1) is 7.96. The van der Waals surface area contributed by atoms with Crippen molar-refractivity contribution in [3.05, 3.63) is 11.1 Å². The van der Waals surface area contributed by atoms with E-state index in [2.05, 4.69) is 23.7 Å². The van der Waals surface area contributed by atoms with E-state index in [1.54, 1.807) is 0 Å². The van der Waals surface area contributed by atoms with Crippen molar-refractivity contribution in [1.82, 2.24) is 0 Å². The van der Waals surface area contributed by atoms with E-state index < -0.39 is 0 Å². The maximum absolute atomic E-state index is 3.11. The van der Waals surface area contributed by atoms with Crippen molar-refractivity contribution in [3.63, 3.8) is 0 Å². The van der Waals surface area contributed by atoms with Crippen molar-refractivity contribution in [2.75, 3.05) is 0 Å². The molecule has 0 heteroatoms. The molecule has 0 bridgehead atoms. The summed E-state index contributed by atoms with van der Waals surface area (Å²) in [5.41, 5.74) is 2.53. The van der Waals surface area contributed by atoms with E-state index in [4.69, 9.17) is 0 Å². The van der Waals surface area contributed by atoms with Crippen LogP contribution in [-0.2, 0) is 0 Å². The number of hydrogen-bond acceptors (Lipinski definition) is 0. The van der Waals surface area contributed by atoms with Gasteiger partial charge in [-0.15, -0.1) is 11.8 Å². The van der Waals surface area contributed by atoms with Crippen LogP contribution < -0.4 is 0 Å². The first-order valence-corrected chi connectivity index (χ1v) is 3.96. The van der Waals surface area contributed by atoms with Gasteiger partial charge in [-0.2, -0.15) is 0 Å². The van der Waals surface area contributed by atoms with Crippen LogP contribution in [0.25, 0.3) is 0 Å². The van der Waals surface area contributed by atoms with Gasteiger partial charge in [-0.1, -0.05) is 11.8 Å². The summed E-state index contributed by atoms with van der Waals surface area (Å²) in [6.45, 7) is 3.75. The molecule has 1 rings (SSSR count). The van der Waals surface area contributed by atoms with Crippen molar-refractivity contribution in [2.24, 2.45) is 0 Å². The maximum Gasteiger partial charge on any atom is 0.0136 e. The molecule has 0 aromatic heterocycles. The molecule has 0 nitrogen and oxygen atoms in total. The Bertz CT molecular complexity index is 253. The largest absolute Gasteiger partial charge is 0.102 e. The molecule has 0 saturated heterocycles. The minimum atomic E-state index is 1.13. The van der Waals surface area contributed by atoms with E-state index in [0.29, 0.717) is 0 Å². The molecule has 1 aliphatic rings. The molecule has 0 radical (unpaired) electrons. The van der Waals surface area contributed by atoms with Crippen molar-refractivity contribution in [2.45, 2.75) is 33.1 Å². The fraction of sp³-hybridized carbons (Fsp3) is 0.455. The molecule has 0 aliphatic heterocycles. The summed E-state index contributed by atoms with van der Waals surface area (Å²) in [4.78, 5) is 0. The molecule has 11 heavy (non-hydrogen) atoms. The normalized spacial score (nSPS) is 15.1. The van der Waals surface area contributed by atoms with Crippen LogP contribution in [0.1, 0.15) is 33.1 Å². The van der Waals surface area contributed by atoms with Crippen molar-refractivity contribution in [1.29, 1.82) is 0 Å². The second-order valence-corrected chi connectivity index (χ2v) is 2.56. The standard InChI is InChI=1S/C11H12/c1-3-6-10-8-5-9-11(10)7-4-2/h5,8-9H2,1-2H3. The SMILES string of the molecule is CC#CC1=C(C#CC)CCC1. The van der Waals surface area contributed by atoms with Crippen LogP contribution in [0.3, 0.4) is 0 Å². The zero-order valence-corrected chi connectivity index (χ0v) is 7.12. The van der Waals surface area contributed by atoms with Gasteiger partial charge in [-0.25, -0.2) is 0 Å². The Kier molecular flexibility index (Phi) is 2.82. The average Bonchev–Trinajstić information content (AvgIpc) is 2.39. The summed E-state index contributed by atoms with van der Waals surface area (Å²) in [6, 6.07) is 0. The van der Waals surface area contributed by atoms with Crippen molar-refractivity contribution < 1.29 is 0 Å². The lowest BCUT2D eigenvalue weighted by atomic mass is 10.1. The molecule has 0 aromatic carbocycles. The quantitative estimate of drug-likeness (QED) is 0.458. The maximum atomic E-state index is 3.11. The Hall–Kier alpha value is -1.14. The molecule has 0 fully saturated rings. The highest BCUT2D eigenvalue weighted by molar-refractivity contribution is 5.45. The molecule has 0 amide bonds. The molecule has 0 N–H and O–H groups in total. The third-order valence-electron chi connectivity index (χ3n) is 1.77. The van der Waals surface area contributed by atoms with Crippen LogP contribution >= 0.6 is 0 Å². The Morgan fingerprint density at radius 1 is 0.909 bits per heavy atom. The lowest BCUT2D eigenvalue weighted by molar-refractivity contribution is 0.910. The van der Waals surface area contributed by atoms with Crippen molar-refractivity contribution in [3.8, 4) is 23.7 Å². The Morgan fingerprint density at radius 2 is 1.36 bits per heavy atom. The fourth-order valence-electron chi connectivity index (χ4n) is 1.32. The van der Waals surface area contributed by atoms with E-state index in [0.717, 1.165) is 12.8 Å². The van der Waals surface area contributed by atoms with E-state index in [-0.39, 0.29) is 0 Å². The first-order valence-electron chi connectivity index (χ1n) is 3.96. The van der Waals surface area contributed by atoms with Crippen LogP contribution in [0.4, 0.5) is 0 Å². The molecule has 56 valence electrons. The monoisotopic (exact) mass is 144 g/mol. The molecule has 0 unspecified atom stereocenters. The van der Waals surface area contributed by atoms with E-state index >= 15 is 0 Å². The third-order valence-corrected chi connectivity index (χ3v) is 1.77. The smallest absolute Gasteiger partial charge is 0.0136 e. The zero-order valence-electron chi connectivity index (χ0n) is 7.12. The van der Waals surface area contributed by atoms with E-state index in [9.17, 15) is 0 Å². The average molecular weight is 144 g/mol. The number of allylic oxidation sites excluding steroid dienone is 2. The lowest BCUT2D eigenvalue weighted by Gasteiger charge is -1.88. The summed E-state index contributed by atoms with van der Waals surface area (Å²) in [6.07, 6.45) is 3.49. The first-order chi connectivity index (χ1) is 5.38. The third kappa shape index (κ3) is 1.89. The minimum Gasteiger partial charge on any atom is -0.102 e. The van der Waals surface area contributed by atoms with Gasteiger partial charge in [-0.05, 0) is 33.1 Å². The molecular formula is C11H12. The topological polar surface area (TPSA) is 0 Å². The van der Waals surface area contributed by atoms with Gasteiger partial charge < -0.3 is 0 Å². The Morgan fingerprint density at radius 3 is 1.73 bits per heavy atom. The summed E-state index contributed by atoms with van der Waals surface area (Å²) in [5, 5.41) is 0. The fourth-order valence-corrected chi connectivity index (χ4v) is 1.32. The van der Waals surface area contributed by atoms with Gasteiger partial charge >= 0.3 is 0 Å². The highest BCUT2D eigenvalue weighted by Gasteiger charge is 2.09.